The molecule has 0 unspecified atom stereocenters. The highest BCUT2D eigenvalue weighted by atomic mass is 16.4. The Morgan fingerprint density at radius 1 is 0.647 bits per heavy atom. The van der Waals surface area contributed by atoms with E-state index in [2.05, 4.69) is 10.6 Å². The number of benzene rings is 2. The van der Waals surface area contributed by atoms with Gasteiger partial charge in [0.1, 0.15) is 22.3 Å². The molecule has 172 valence electrons. The molecule has 5 rings (SSSR count). The fraction of sp³-hybridized carbons (Fsp3) is 0.231. The van der Waals surface area contributed by atoms with E-state index in [0.717, 1.165) is 0 Å². The zero-order valence-electron chi connectivity index (χ0n) is 18.2. The normalized spacial score (nSPS) is 18.0. The van der Waals surface area contributed by atoms with Crippen LogP contribution in [0.3, 0.4) is 0 Å². The number of hydrogen-bond acceptors (Lipinski definition) is 6. The smallest absolute Gasteiger partial charge is 0.349 e. The van der Waals surface area contributed by atoms with E-state index in [0.29, 0.717) is 47.6 Å². The number of amides is 2. The van der Waals surface area contributed by atoms with Crippen LogP contribution >= 0.6 is 0 Å². The Bertz CT molecular complexity index is 1400. The summed E-state index contributed by atoms with van der Waals surface area (Å²) in [5, 5.41) is 7.15. The van der Waals surface area contributed by atoms with Crippen LogP contribution in [0.5, 0.6) is 0 Å². The molecule has 0 spiro atoms. The van der Waals surface area contributed by atoms with Gasteiger partial charge in [-0.1, -0.05) is 36.4 Å². The molecule has 1 saturated carbocycles. The van der Waals surface area contributed by atoms with Gasteiger partial charge < -0.3 is 19.5 Å². The molecule has 8 heteroatoms. The van der Waals surface area contributed by atoms with Crippen molar-refractivity contribution in [2.45, 2.75) is 37.8 Å². The summed E-state index contributed by atoms with van der Waals surface area (Å²) in [4.78, 5) is 49.8. The Labute approximate surface area is 193 Å². The molecule has 0 aliphatic heterocycles. The van der Waals surface area contributed by atoms with Gasteiger partial charge in [0.25, 0.3) is 11.8 Å². The van der Waals surface area contributed by atoms with Crippen molar-refractivity contribution in [3.8, 4) is 0 Å². The Kier molecular flexibility index (Phi) is 5.71. The van der Waals surface area contributed by atoms with Crippen LogP contribution in [0.2, 0.25) is 0 Å². The van der Waals surface area contributed by atoms with Crippen molar-refractivity contribution in [2.24, 2.45) is 0 Å². The maximum absolute atomic E-state index is 12.7. The van der Waals surface area contributed by atoms with Crippen LogP contribution in [0.1, 0.15) is 46.4 Å². The van der Waals surface area contributed by atoms with Gasteiger partial charge in [-0.25, -0.2) is 9.59 Å². The van der Waals surface area contributed by atoms with E-state index in [4.69, 9.17) is 8.83 Å². The van der Waals surface area contributed by atoms with Gasteiger partial charge in [0.05, 0.1) is 0 Å². The molecule has 0 atom stereocenters. The minimum Gasteiger partial charge on any atom is -0.422 e. The third kappa shape index (κ3) is 4.34. The second kappa shape index (κ2) is 8.97. The third-order valence-corrected chi connectivity index (χ3v) is 6.17. The summed E-state index contributed by atoms with van der Waals surface area (Å²) in [6, 6.07) is 16.9. The zero-order valence-corrected chi connectivity index (χ0v) is 18.2. The van der Waals surface area contributed by atoms with Gasteiger partial charge in [-0.2, -0.15) is 0 Å². The number of fused-ring (bicyclic) bond motifs is 2. The maximum Gasteiger partial charge on any atom is 0.349 e. The summed E-state index contributed by atoms with van der Waals surface area (Å²) in [5.41, 5.74) is -0.548. The number of rotatable bonds is 4. The molecule has 1 aliphatic rings. The van der Waals surface area contributed by atoms with Crippen LogP contribution in [0.4, 0.5) is 0 Å². The summed E-state index contributed by atoms with van der Waals surface area (Å²) in [6.07, 6.45) is 2.51. The zero-order chi connectivity index (χ0) is 23.7. The molecule has 2 aromatic heterocycles. The lowest BCUT2D eigenvalue weighted by atomic mass is 9.90. The monoisotopic (exact) mass is 458 g/mol. The van der Waals surface area contributed by atoms with E-state index in [9.17, 15) is 19.2 Å². The number of nitrogens with one attached hydrogen (secondary N) is 2. The fourth-order valence-electron chi connectivity index (χ4n) is 4.35. The van der Waals surface area contributed by atoms with Crippen LogP contribution in [0.15, 0.2) is 79.1 Å². The van der Waals surface area contributed by atoms with Crippen molar-refractivity contribution >= 4 is 33.8 Å². The predicted molar refractivity (Wildman–Crippen MR) is 126 cm³/mol. The molecule has 0 bridgehead atoms. The van der Waals surface area contributed by atoms with Crippen LogP contribution in [0, 0.1) is 0 Å². The van der Waals surface area contributed by atoms with Gasteiger partial charge in [0.15, 0.2) is 0 Å². The number of para-hydroxylation sites is 2. The second-order valence-corrected chi connectivity index (χ2v) is 8.47. The summed E-state index contributed by atoms with van der Waals surface area (Å²) >= 11 is 0. The highest BCUT2D eigenvalue weighted by molar-refractivity contribution is 5.97. The first-order valence-electron chi connectivity index (χ1n) is 11.2. The van der Waals surface area contributed by atoms with E-state index in [1.165, 1.54) is 12.1 Å². The minimum absolute atomic E-state index is 0.0304. The molecule has 2 amide bonds. The summed E-state index contributed by atoms with van der Waals surface area (Å²) in [6.45, 7) is 0. The standard InChI is InChI=1S/C26H22N2O6/c29-23(19-13-15-5-1-3-7-21(15)33-25(19)31)27-17-9-11-18(12-10-17)28-24(30)20-14-16-6-2-4-8-22(16)34-26(20)32/h1-8,13-14,17-18H,9-12H2,(H,27,29)(H,28,30). The van der Waals surface area contributed by atoms with Crippen LogP contribution in [-0.2, 0) is 0 Å². The highest BCUT2D eigenvalue weighted by Gasteiger charge is 2.26. The second-order valence-electron chi connectivity index (χ2n) is 8.47. The van der Waals surface area contributed by atoms with Gasteiger partial charge in [-0.3, -0.25) is 9.59 Å². The average molecular weight is 458 g/mol. The number of carbonyl (C=O) groups excluding carboxylic acids is 2. The quantitative estimate of drug-likeness (QED) is 0.453. The Hall–Kier alpha value is -4.20. The molecule has 0 radical (unpaired) electrons. The molecule has 1 fully saturated rings. The van der Waals surface area contributed by atoms with E-state index in [1.54, 1.807) is 48.5 Å². The van der Waals surface area contributed by atoms with Crippen molar-refractivity contribution in [3.63, 3.8) is 0 Å². The molecule has 8 nitrogen and oxygen atoms in total. The largest absolute Gasteiger partial charge is 0.422 e. The molecule has 2 N–H and O–H groups in total. The predicted octanol–water partition coefficient (Wildman–Crippen LogP) is 3.37. The van der Waals surface area contributed by atoms with Gasteiger partial charge >= 0.3 is 11.3 Å². The number of carbonyl (C=O) groups is 2. The van der Waals surface area contributed by atoms with Gasteiger partial charge in [0, 0.05) is 22.9 Å². The molecular formula is C26H22N2O6. The topological polar surface area (TPSA) is 119 Å². The Morgan fingerprint density at radius 2 is 1.03 bits per heavy atom. The first-order chi connectivity index (χ1) is 16.5. The molecular weight excluding hydrogens is 436 g/mol. The minimum atomic E-state index is -0.675. The third-order valence-electron chi connectivity index (χ3n) is 6.17. The summed E-state index contributed by atoms with van der Waals surface area (Å²) < 4.78 is 10.5. The van der Waals surface area contributed by atoms with Crippen molar-refractivity contribution < 1.29 is 18.4 Å². The summed E-state index contributed by atoms with van der Waals surface area (Å²) in [5.74, 6) is -0.943. The van der Waals surface area contributed by atoms with Crippen molar-refractivity contribution in [1.29, 1.82) is 0 Å². The van der Waals surface area contributed by atoms with Crippen molar-refractivity contribution in [2.75, 3.05) is 0 Å². The maximum atomic E-state index is 12.7. The molecule has 0 saturated heterocycles. The van der Waals surface area contributed by atoms with E-state index in [1.807, 2.05) is 0 Å². The van der Waals surface area contributed by atoms with Crippen LogP contribution in [-0.4, -0.2) is 23.9 Å². The molecule has 1 aliphatic carbocycles. The van der Waals surface area contributed by atoms with Crippen LogP contribution in [0.25, 0.3) is 21.9 Å². The van der Waals surface area contributed by atoms with Crippen LogP contribution < -0.4 is 21.9 Å². The highest BCUT2D eigenvalue weighted by Crippen LogP contribution is 2.20. The van der Waals surface area contributed by atoms with Gasteiger partial charge in [-0.05, 0) is 49.9 Å². The molecule has 34 heavy (non-hydrogen) atoms. The van der Waals surface area contributed by atoms with Gasteiger partial charge in [-0.15, -0.1) is 0 Å². The lowest BCUT2D eigenvalue weighted by Gasteiger charge is -2.29. The first kappa shape index (κ1) is 21.6. The Balaban J connectivity index is 1.20. The first-order valence-corrected chi connectivity index (χ1v) is 11.2. The Morgan fingerprint density at radius 3 is 1.44 bits per heavy atom. The lowest BCUT2D eigenvalue weighted by Crippen LogP contribution is -2.45. The number of hydrogen-bond donors (Lipinski definition) is 2. The van der Waals surface area contributed by atoms with E-state index < -0.39 is 23.1 Å². The molecule has 4 aromatic rings. The molecule has 2 heterocycles. The van der Waals surface area contributed by atoms with E-state index >= 15 is 0 Å². The summed E-state index contributed by atoms with van der Waals surface area (Å²) in [7, 11) is 0. The van der Waals surface area contributed by atoms with Crippen molar-refractivity contribution in [3.05, 3.63) is 92.6 Å². The average Bonchev–Trinajstić information content (AvgIpc) is 2.84. The van der Waals surface area contributed by atoms with Crippen molar-refractivity contribution in [1.82, 2.24) is 10.6 Å². The lowest BCUT2D eigenvalue weighted by molar-refractivity contribution is 0.0888. The van der Waals surface area contributed by atoms with E-state index in [-0.39, 0.29) is 23.2 Å². The van der Waals surface area contributed by atoms with Gasteiger partial charge in [0.2, 0.25) is 0 Å². The molecule has 2 aromatic carbocycles. The SMILES string of the molecule is O=C(NC1CCC(NC(=O)c2cc3ccccc3oc2=O)CC1)c1cc2ccccc2oc1=O. The fourth-order valence-corrected chi connectivity index (χ4v) is 4.35.